The summed E-state index contributed by atoms with van der Waals surface area (Å²) in [6.07, 6.45) is 7.94. The lowest BCUT2D eigenvalue weighted by Crippen LogP contribution is -2.06. The molecule has 0 aliphatic heterocycles. The molecule has 160 valence electrons. The lowest BCUT2D eigenvalue weighted by molar-refractivity contribution is 0.587. The van der Waals surface area contributed by atoms with Crippen LogP contribution in [0.25, 0.3) is 26.3 Å². The Labute approximate surface area is 187 Å². The fourth-order valence-electron chi connectivity index (χ4n) is 4.35. The fraction of sp³-hybridized carbons (Fsp3) is 0.308. The molecule has 3 nitrogen and oxygen atoms in total. The van der Waals surface area contributed by atoms with Crippen LogP contribution in [0.4, 0.5) is 4.39 Å². The minimum atomic E-state index is -0.210. The van der Waals surface area contributed by atoms with E-state index >= 15 is 0 Å². The molecular formula is C26H28FN3S. The third-order valence-electron chi connectivity index (χ3n) is 5.90. The highest BCUT2D eigenvalue weighted by molar-refractivity contribution is 7.22. The van der Waals surface area contributed by atoms with Crippen molar-refractivity contribution in [2.24, 2.45) is 0 Å². The molecule has 1 aromatic carbocycles. The SMILES string of the molecule is C=CCCC(CCC=C)c1cc(C)nn2c(-c3sc4ccc(F)cc4c3C)c(C)nc12. The topological polar surface area (TPSA) is 30.2 Å². The molecular weight excluding hydrogens is 405 g/mol. The number of rotatable bonds is 8. The average Bonchev–Trinajstić information content (AvgIpc) is 3.23. The third kappa shape index (κ3) is 3.94. The summed E-state index contributed by atoms with van der Waals surface area (Å²) in [5.74, 6) is 0.158. The zero-order valence-corrected chi connectivity index (χ0v) is 19.2. The van der Waals surface area contributed by atoms with Gasteiger partial charge in [0.2, 0.25) is 0 Å². The molecule has 31 heavy (non-hydrogen) atoms. The van der Waals surface area contributed by atoms with Crippen LogP contribution >= 0.6 is 11.3 Å². The van der Waals surface area contributed by atoms with E-state index in [1.165, 1.54) is 11.6 Å². The smallest absolute Gasteiger partial charge is 0.158 e. The molecule has 4 aromatic rings. The summed E-state index contributed by atoms with van der Waals surface area (Å²) in [6, 6.07) is 7.17. The number of aryl methyl sites for hydroxylation is 3. The molecule has 0 aliphatic carbocycles. The van der Waals surface area contributed by atoms with Crippen molar-refractivity contribution in [1.29, 1.82) is 0 Å². The Kier molecular flexibility index (Phi) is 6.05. The van der Waals surface area contributed by atoms with Gasteiger partial charge in [-0.15, -0.1) is 24.5 Å². The Hall–Kier alpha value is -2.79. The van der Waals surface area contributed by atoms with Crippen molar-refractivity contribution in [3.63, 3.8) is 0 Å². The number of thiophene rings is 1. The molecule has 3 aromatic heterocycles. The number of aromatic nitrogens is 3. The van der Waals surface area contributed by atoms with E-state index in [0.717, 1.165) is 68.9 Å². The number of fused-ring (bicyclic) bond motifs is 2. The van der Waals surface area contributed by atoms with Crippen molar-refractivity contribution in [2.45, 2.75) is 52.4 Å². The standard InChI is InChI=1S/C26H28FN3S/c1-6-8-10-19(11-9-7-2)22-14-16(3)29-30-24(18(5)28-26(22)30)25-17(4)21-15-20(27)12-13-23(21)31-25/h6-7,12-15,19H,1-2,8-11H2,3-5H3. The van der Waals surface area contributed by atoms with E-state index < -0.39 is 0 Å². The Morgan fingerprint density at radius 2 is 1.81 bits per heavy atom. The molecule has 0 amide bonds. The Morgan fingerprint density at radius 3 is 2.48 bits per heavy atom. The monoisotopic (exact) mass is 433 g/mol. The summed E-state index contributed by atoms with van der Waals surface area (Å²) in [4.78, 5) is 6.08. The van der Waals surface area contributed by atoms with E-state index in [1.54, 1.807) is 17.4 Å². The van der Waals surface area contributed by atoms with Crippen molar-refractivity contribution in [2.75, 3.05) is 0 Å². The first-order valence-electron chi connectivity index (χ1n) is 10.7. The number of hydrogen-bond donors (Lipinski definition) is 0. The number of hydrogen-bond acceptors (Lipinski definition) is 3. The number of benzene rings is 1. The van der Waals surface area contributed by atoms with Crippen LogP contribution in [0, 0.1) is 26.6 Å². The van der Waals surface area contributed by atoms with E-state index in [0.29, 0.717) is 5.92 Å². The predicted octanol–water partition coefficient (Wildman–Crippen LogP) is 7.69. The normalized spacial score (nSPS) is 11.6. The second-order valence-electron chi connectivity index (χ2n) is 8.15. The highest BCUT2D eigenvalue weighted by atomic mass is 32.1. The van der Waals surface area contributed by atoms with Gasteiger partial charge in [-0.25, -0.2) is 13.9 Å². The van der Waals surface area contributed by atoms with E-state index in [2.05, 4.69) is 26.1 Å². The highest BCUT2D eigenvalue weighted by Gasteiger charge is 2.23. The van der Waals surface area contributed by atoms with Crippen molar-refractivity contribution < 1.29 is 4.39 Å². The average molecular weight is 434 g/mol. The van der Waals surface area contributed by atoms with Gasteiger partial charge < -0.3 is 0 Å². The Morgan fingerprint density at radius 1 is 1.10 bits per heavy atom. The molecule has 5 heteroatoms. The van der Waals surface area contributed by atoms with Gasteiger partial charge in [0.25, 0.3) is 0 Å². The summed E-state index contributed by atoms with van der Waals surface area (Å²) in [7, 11) is 0. The van der Waals surface area contributed by atoms with Crippen LogP contribution in [0.2, 0.25) is 0 Å². The zero-order valence-electron chi connectivity index (χ0n) is 18.4. The molecule has 0 saturated carbocycles. The quantitative estimate of drug-likeness (QED) is 0.267. The summed E-state index contributed by atoms with van der Waals surface area (Å²) < 4.78 is 16.9. The fourth-order valence-corrected chi connectivity index (χ4v) is 5.62. The van der Waals surface area contributed by atoms with Crippen molar-refractivity contribution >= 4 is 27.1 Å². The van der Waals surface area contributed by atoms with Gasteiger partial charge in [-0.2, -0.15) is 5.10 Å². The predicted molar refractivity (Wildman–Crippen MR) is 130 cm³/mol. The van der Waals surface area contributed by atoms with E-state index in [9.17, 15) is 4.39 Å². The molecule has 3 heterocycles. The van der Waals surface area contributed by atoms with Gasteiger partial charge in [0.1, 0.15) is 11.5 Å². The molecule has 0 fully saturated rings. The second-order valence-corrected chi connectivity index (χ2v) is 9.20. The van der Waals surface area contributed by atoms with Crippen molar-refractivity contribution in [1.82, 2.24) is 14.6 Å². The minimum Gasteiger partial charge on any atom is -0.231 e. The minimum absolute atomic E-state index is 0.210. The maximum absolute atomic E-state index is 13.9. The molecule has 0 N–H and O–H groups in total. The molecule has 0 unspecified atom stereocenters. The third-order valence-corrected chi connectivity index (χ3v) is 7.18. The molecule has 0 radical (unpaired) electrons. The Balaban J connectivity index is 1.93. The van der Waals surface area contributed by atoms with Gasteiger partial charge >= 0.3 is 0 Å². The first-order valence-corrected chi connectivity index (χ1v) is 11.5. The van der Waals surface area contributed by atoms with Crippen LogP contribution < -0.4 is 0 Å². The van der Waals surface area contributed by atoms with Crippen molar-refractivity contribution in [3.8, 4) is 10.6 Å². The van der Waals surface area contributed by atoms with Crippen LogP contribution in [0.5, 0.6) is 0 Å². The molecule has 0 saturated heterocycles. The van der Waals surface area contributed by atoms with Gasteiger partial charge in [0, 0.05) is 10.3 Å². The van der Waals surface area contributed by atoms with E-state index in [-0.39, 0.29) is 5.82 Å². The van der Waals surface area contributed by atoms with Gasteiger partial charge in [-0.05, 0) is 87.6 Å². The molecule has 0 aliphatic rings. The lowest BCUT2D eigenvalue weighted by atomic mass is 9.90. The molecule has 4 rings (SSSR count). The van der Waals surface area contributed by atoms with Gasteiger partial charge in [-0.3, -0.25) is 0 Å². The van der Waals surface area contributed by atoms with Gasteiger partial charge in [0.05, 0.1) is 16.3 Å². The largest absolute Gasteiger partial charge is 0.231 e. The first kappa shape index (κ1) is 21.4. The highest BCUT2D eigenvalue weighted by Crippen LogP contribution is 2.41. The van der Waals surface area contributed by atoms with Crippen molar-refractivity contribution in [3.05, 3.63) is 77.9 Å². The maximum atomic E-state index is 13.9. The lowest BCUT2D eigenvalue weighted by Gasteiger charge is -2.17. The van der Waals surface area contributed by atoms with E-state index in [4.69, 9.17) is 10.1 Å². The summed E-state index contributed by atoms with van der Waals surface area (Å²) in [6.45, 7) is 13.9. The van der Waals surface area contributed by atoms with Gasteiger partial charge in [0.15, 0.2) is 5.65 Å². The summed E-state index contributed by atoms with van der Waals surface area (Å²) >= 11 is 1.67. The van der Waals surface area contributed by atoms with Crippen LogP contribution in [-0.4, -0.2) is 14.6 Å². The molecule has 0 atom stereocenters. The van der Waals surface area contributed by atoms with Crippen LogP contribution in [-0.2, 0) is 0 Å². The van der Waals surface area contributed by atoms with Crippen LogP contribution in [0.15, 0.2) is 49.6 Å². The maximum Gasteiger partial charge on any atom is 0.158 e. The van der Waals surface area contributed by atoms with Crippen LogP contribution in [0.3, 0.4) is 0 Å². The summed E-state index contributed by atoms with van der Waals surface area (Å²) in [5.41, 5.74) is 6.14. The van der Waals surface area contributed by atoms with Crippen LogP contribution in [0.1, 0.15) is 54.1 Å². The number of imidazole rings is 1. The zero-order chi connectivity index (χ0) is 22.1. The van der Waals surface area contributed by atoms with E-state index in [1.807, 2.05) is 36.6 Å². The number of nitrogens with zero attached hydrogens (tertiary/aromatic N) is 3. The summed E-state index contributed by atoms with van der Waals surface area (Å²) in [5, 5.41) is 5.81. The second kappa shape index (κ2) is 8.75. The number of halogens is 1. The first-order chi connectivity index (χ1) is 14.9. The molecule has 0 spiro atoms. The number of allylic oxidation sites excluding steroid dienone is 2. The Bertz CT molecular complexity index is 1270. The van der Waals surface area contributed by atoms with Gasteiger partial charge in [-0.1, -0.05) is 12.2 Å². The molecule has 0 bridgehead atoms.